The Morgan fingerprint density at radius 1 is 1.00 bits per heavy atom. The van der Waals surface area contributed by atoms with Crippen LogP contribution in [0.4, 0.5) is 0 Å². The summed E-state index contributed by atoms with van der Waals surface area (Å²) in [4.78, 5) is 28.6. The fourth-order valence-electron chi connectivity index (χ4n) is 3.43. The number of nitrogens with zero attached hydrogens (tertiary/aromatic N) is 2. The number of hydroxylamine groups is 1. The summed E-state index contributed by atoms with van der Waals surface area (Å²) < 4.78 is 0. The quantitative estimate of drug-likeness (QED) is 0.394. The van der Waals surface area contributed by atoms with Crippen molar-refractivity contribution in [3.63, 3.8) is 0 Å². The highest BCUT2D eigenvalue weighted by atomic mass is 16.5. The maximum absolute atomic E-state index is 12.3. The Morgan fingerprint density at radius 2 is 1.57 bits per heavy atom. The molecule has 1 saturated heterocycles. The van der Waals surface area contributed by atoms with E-state index in [0.29, 0.717) is 5.56 Å². The Bertz CT molecular complexity index is 846. The molecule has 5 N–H and O–H groups in total. The molecule has 1 aliphatic rings. The number of amides is 2. The lowest BCUT2D eigenvalue weighted by Gasteiger charge is -2.32. The normalized spacial score (nSPS) is 16.1. The first-order valence-electron chi connectivity index (χ1n) is 10.1. The van der Waals surface area contributed by atoms with Crippen molar-refractivity contribution in [2.45, 2.75) is 12.6 Å². The molecule has 0 radical (unpaired) electrons. The number of carbonyl (C=O) groups excluding carboxylic acids is 2. The van der Waals surface area contributed by atoms with E-state index in [0.717, 1.165) is 43.9 Å². The average molecular weight is 412 g/mol. The summed E-state index contributed by atoms with van der Waals surface area (Å²) >= 11 is 0. The summed E-state index contributed by atoms with van der Waals surface area (Å²) in [6.07, 6.45) is 0. The molecule has 1 aliphatic heterocycles. The van der Waals surface area contributed by atoms with E-state index >= 15 is 0 Å². The van der Waals surface area contributed by atoms with Crippen molar-refractivity contribution < 1.29 is 14.8 Å². The van der Waals surface area contributed by atoms with E-state index in [4.69, 9.17) is 10.9 Å². The van der Waals surface area contributed by atoms with Gasteiger partial charge < -0.3 is 16.0 Å². The van der Waals surface area contributed by atoms with Crippen LogP contribution in [0.25, 0.3) is 11.1 Å². The summed E-state index contributed by atoms with van der Waals surface area (Å²) in [6, 6.07) is 14.6. The number of carbonyl (C=O) groups is 2. The molecule has 1 fully saturated rings. The van der Waals surface area contributed by atoms with Gasteiger partial charge in [0.1, 0.15) is 6.04 Å². The molecular formula is C22H29N5O3. The van der Waals surface area contributed by atoms with E-state index in [2.05, 4.69) is 46.4 Å². The number of hydrogen-bond acceptors (Lipinski definition) is 6. The van der Waals surface area contributed by atoms with E-state index in [1.54, 1.807) is 12.1 Å². The van der Waals surface area contributed by atoms with Gasteiger partial charge in [-0.1, -0.05) is 36.4 Å². The van der Waals surface area contributed by atoms with Crippen molar-refractivity contribution in [2.24, 2.45) is 5.73 Å². The monoisotopic (exact) mass is 411 g/mol. The van der Waals surface area contributed by atoms with Gasteiger partial charge in [-0.05, 0) is 35.9 Å². The van der Waals surface area contributed by atoms with Crippen LogP contribution >= 0.6 is 0 Å². The highest BCUT2D eigenvalue weighted by molar-refractivity contribution is 5.97. The van der Waals surface area contributed by atoms with Crippen LogP contribution in [-0.4, -0.2) is 72.6 Å². The van der Waals surface area contributed by atoms with Gasteiger partial charge in [0.25, 0.3) is 11.8 Å². The smallest absolute Gasteiger partial charge is 0.267 e. The molecule has 3 rings (SSSR count). The Kier molecular flexibility index (Phi) is 7.53. The largest absolute Gasteiger partial charge is 0.339 e. The second kappa shape index (κ2) is 10.3. The molecule has 30 heavy (non-hydrogen) atoms. The molecule has 0 aliphatic carbocycles. The van der Waals surface area contributed by atoms with E-state index in [1.807, 2.05) is 12.1 Å². The molecule has 8 heteroatoms. The van der Waals surface area contributed by atoms with Crippen LogP contribution in [0.3, 0.4) is 0 Å². The first kappa shape index (κ1) is 21.9. The summed E-state index contributed by atoms with van der Waals surface area (Å²) in [5.41, 5.74) is 10.7. The van der Waals surface area contributed by atoms with Crippen molar-refractivity contribution >= 4 is 11.8 Å². The number of hydrogen-bond donors (Lipinski definition) is 4. The highest BCUT2D eigenvalue weighted by Crippen LogP contribution is 2.21. The zero-order valence-corrected chi connectivity index (χ0v) is 17.2. The Balaban J connectivity index is 1.60. The number of nitrogens with two attached hydrogens (primary N) is 1. The molecule has 0 spiro atoms. The van der Waals surface area contributed by atoms with Gasteiger partial charge in [0, 0.05) is 44.8 Å². The predicted molar refractivity (Wildman–Crippen MR) is 115 cm³/mol. The second-order valence-corrected chi connectivity index (χ2v) is 7.59. The Hall–Kier alpha value is -2.78. The summed E-state index contributed by atoms with van der Waals surface area (Å²) in [5.74, 6) is -1.18. The Labute approximate surface area is 176 Å². The van der Waals surface area contributed by atoms with Gasteiger partial charge in [0.2, 0.25) is 0 Å². The fourth-order valence-corrected chi connectivity index (χ4v) is 3.43. The van der Waals surface area contributed by atoms with Gasteiger partial charge >= 0.3 is 0 Å². The van der Waals surface area contributed by atoms with E-state index in [-0.39, 0.29) is 6.54 Å². The van der Waals surface area contributed by atoms with Gasteiger partial charge in [-0.15, -0.1) is 0 Å². The maximum atomic E-state index is 12.3. The van der Waals surface area contributed by atoms with Gasteiger partial charge in [-0.25, -0.2) is 5.48 Å². The van der Waals surface area contributed by atoms with Gasteiger partial charge in [-0.2, -0.15) is 0 Å². The minimum Gasteiger partial charge on any atom is -0.339 e. The van der Waals surface area contributed by atoms with Crippen LogP contribution in [0.1, 0.15) is 15.9 Å². The fraction of sp³-hybridized carbons (Fsp3) is 0.364. The van der Waals surface area contributed by atoms with Crippen molar-refractivity contribution in [3.05, 3.63) is 59.7 Å². The van der Waals surface area contributed by atoms with E-state index in [9.17, 15) is 9.59 Å². The number of piperazine rings is 1. The van der Waals surface area contributed by atoms with Crippen molar-refractivity contribution in [3.8, 4) is 11.1 Å². The summed E-state index contributed by atoms with van der Waals surface area (Å²) in [5, 5.41) is 11.2. The minimum absolute atomic E-state index is 0.114. The second-order valence-electron chi connectivity index (χ2n) is 7.59. The SMILES string of the molecule is CN1CCN(Cc2ccc(-c3ccc(C(=O)N[C@@H](CN)C(=O)NO)cc3)cc2)CC1. The van der Waals surface area contributed by atoms with Crippen LogP contribution in [-0.2, 0) is 11.3 Å². The van der Waals surface area contributed by atoms with Crippen LogP contribution < -0.4 is 16.5 Å². The van der Waals surface area contributed by atoms with Crippen LogP contribution in [0.2, 0.25) is 0 Å². The maximum Gasteiger partial charge on any atom is 0.267 e. The lowest BCUT2D eigenvalue weighted by Crippen LogP contribution is -2.50. The molecule has 2 aromatic carbocycles. The van der Waals surface area contributed by atoms with Gasteiger partial charge in [0.05, 0.1) is 0 Å². The number of likely N-dealkylation sites (N-methyl/N-ethyl adjacent to an activating group) is 1. The zero-order chi connectivity index (χ0) is 21.5. The summed E-state index contributed by atoms with van der Waals surface area (Å²) in [6.45, 7) is 5.23. The first-order valence-corrected chi connectivity index (χ1v) is 10.1. The molecule has 1 heterocycles. The molecular weight excluding hydrogens is 382 g/mol. The predicted octanol–water partition coefficient (Wildman–Crippen LogP) is 0.664. The van der Waals surface area contributed by atoms with Crippen molar-refractivity contribution in [1.82, 2.24) is 20.6 Å². The Morgan fingerprint density at radius 3 is 2.10 bits per heavy atom. The van der Waals surface area contributed by atoms with E-state index in [1.165, 1.54) is 11.0 Å². The molecule has 1 atom stereocenters. The molecule has 0 bridgehead atoms. The molecule has 0 unspecified atom stereocenters. The third-order valence-corrected chi connectivity index (χ3v) is 5.40. The molecule has 8 nitrogen and oxygen atoms in total. The third kappa shape index (κ3) is 5.64. The number of rotatable bonds is 7. The van der Waals surface area contributed by atoms with Crippen LogP contribution in [0.5, 0.6) is 0 Å². The lowest BCUT2D eigenvalue weighted by molar-refractivity contribution is -0.130. The highest BCUT2D eigenvalue weighted by Gasteiger charge is 2.19. The molecule has 2 amide bonds. The third-order valence-electron chi connectivity index (χ3n) is 5.40. The molecule has 2 aromatic rings. The number of nitrogens with one attached hydrogen (secondary N) is 2. The van der Waals surface area contributed by atoms with Crippen molar-refractivity contribution in [1.29, 1.82) is 0 Å². The topological polar surface area (TPSA) is 111 Å². The number of benzene rings is 2. The van der Waals surface area contributed by atoms with Gasteiger partial charge in [0.15, 0.2) is 0 Å². The minimum atomic E-state index is -0.991. The molecule has 160 valence electrons. The van der Waals surface area contributed by atoms with Crippen LogP contribution in [0, 0.1) is 0 Å². The van der Waals surface area contributed by atoms with Gasteiger partial charge in [-0.3, -0.25) is 19.7 Å². The first-order chi connectivity index (χ1) is 14.5. The molecule has 0 aromatic heterocycles. The molecule has 0 saturated carbocycles. The average Bonchev–Trinajstić information content (AvgIpc) is 2.79. The van der Waals surface area contributed by atoms with E-state index < -0.39 is 17.9 Å². The lowest BCUT2D eigenvalue weighted by atomic mass is 10.0. The van der Waals surface area contributed by atoms with Crippen LogP contribution in [0.15, 0.2) is 48.5 Å². The standard InChI is InChI=1S/C22H29N5O3/c1-26-10-12-27(13-11-26)15-16-2-4-17(5-3-16)18-6-8-19(9-7-18)21(28)24-20(14-23)22(29)25-30/h2-9,20,30H,10-15,23H2,1H3,(H,24,28)(H,25,29)/t20-/m0/s1. The zero-order valence-electron chi connectivity index (χ0n) is 17.2. The summed E-state index contributed by atoms with van der Waals surface area (Å²) in [7, 11) is 2.16. The van der Waals surface area contributed by atoms with Crippen molar-refractivity contribution in [2.75, 3.05) is 39.8 Å².